The zero-order chi connectivity index (χ0) is 16.6. The van der Waals surface area contributed by atoms with Crippen molar-refractivity contribution in [3.8, 4) is 0 Å². The Labute approximate surface area is 144 Å². The van der Waals surface area contributed by atoms with E-state index in [4.69, 9.17) is 0 Å². The lowest BCUT2D eigenvalue weighted by Gasteiger charge is -2.07. The molecule has 3 aromatic rings. The number of aromatic nitrogens is 1. The molecule has 0 unspecified atom stereocenters. The first-order valence-electron chi connectivity index (χ1n) is 7.39. The molecule has 5 heteroatoms. The number of nitrogens with one attached hydrogen (secondary N) is 1. The number of hydrogen-bond donors (Lipinski definition) is 1. The van der Waals surface area contributed by atoms with Crippen molar-refractivity contribution in [2.75, 3.05) is 0 Å². The van der Waals surface area contributed by atoms with Gasteiger partial charge in [-0.05, 0) is 6.08 Å². The minimum atomic E-state index is -0.297. The van der Waals surface area contributed by atoms with Crippen molar-refractivity contribution in [3.05, 3.63) is 94.5 Å². The molecule has 0 aliphatic rings. The molecule has 3 rings (SSSR count). The van der Waals surface area contributed by atoms with E-state index in [2.05, 4.69) is 15.5 Å². The summed E-state index contributed by atoms with van der Waals surface area (Å²) in [5, 5.41) is 6.95. The third-order valence-corrected chi connectivity index (χ3v) is 3.94. The molecule has 0 bridgehead atoms. The van der Waals surface area contributed by atoms with Gasteiger partial charge in [0.25, 0.3) is 5.91 Å². The van der Waals surface area contributed by atoms with Crippen LogP contribution in [0, 0.1) is 0 Å². The number of carbonyl (C=O) groups is 1. The molecule has 0 aliphatic carbocycles. The molecule has 0 radical (unpaired) electrons. The van der Waals surface area contributed by atoms with Crippen molar-refractivity contribution < 1.29 is 4.79 Å². The van der Waals surface area contributed by atoms with Gasteiger partial charge in [0, 0.05) is 28.8 Å². The largest absolute Gasteiger partial charge is 0.268 e. The summed E-state index contributed by atoms with van der Waals surface area (Å²) in [6.07, 6.45) is 4.79. The molecule has 0 atom stereocenters. The summed E-state index contributed by atoms with van der Waals surface area (Å²) in [4.78, 5) is 16.1. The average molecular weight is 333 g/mol. The van der Waals surface area contributed by atoms with Crippen LogP contribution >= 0.6 is 11.3 Å². The van der Waals surface area contributed by atoms with Crippen LogP contribution in [0.15, 0.2) is 83.4 Å². The Bertz CT molecular complexity index is 799. The predicted octanol–water partition coefficient (Wildman–Crippen LogP) is 3.73. The van der Waals surface area contributed by atoms with E-state index < -0.39 is 0 Å². The van der Waals surface area contributed by atoms with Crippen LogP contribution in [-0.4, -0.2) is 16.6 Å². The fraction of sp³-hybridized carbons (Fsp3) is 0. The van der Waals surface area contributed by atoms with Gasteiger partial charge in [-0.2, -0.15) is 5.10 Å². The van der Waals surface area contributed by atoms with Crippen LogP contribution in [0.25, 0.3) is 6.08 Å². The highest BCUT2D eigenvalue weighted by atomic mass is 32.1. The average Bonchev–Trinajstić information content (AvgIpc) is 3.16. The van der Waals surface area contributed by atoms with Crippen molar-refractivity contribution in [2.24, 2.45) is 5.10 Å². The smallest absolute Gasteiger partial charge is 0.264 e. The number of thiazole rings is 1. The van der Waals surface area contributed by atoms with Gasteiger partial charge in [-0.25, -0.2) is 10.4 Å². The number of hydrazone groups is 1. The Kier molecular flexibility index (Phi) is 5.27. The molecule has 0 saturated heterocycles. The monoisotopic (exact) mass is 333 g/mol. The zero-order valence-electron chi connectivity index (χ0n) is 12.8. The Morgan fingerprint density at radius 3 is 2.17 bits per heavy atom. The van der Waals surface area contributed by atoms with Crippen LogP contribution < -0.4 is 5.43 Å². The van der Waals surface area contributed by atoms with E-state index in [1.807, 2.05) is 66.0 Å². The number of hydrogen-bond acceptors (Lipinski definition) is 4. The Morgan fingerprint density at radius 2 is 1.62 bits per heavy atom. The highest BCUT2D eigenvalue weighted by Gasteiger charge is 2.07. The van der Waals surface area contributed by atoms with Crippen molar-refractivity contribution in [1.29, 1.82) is 0 Å². The van der Waals surface area contributed by atoms with Crippen LogP contribution in [0.4, 0.5) is 0 Å². The quantitative estimate of drug-likeness (QED) is 0.439. The minimum Gasteiger partial charge on any atom is -0.268 e. The Morgan fingerprint density at radius 1 is 1.00 bits per heavy atom. The lowest BCUT2D eigenvalue weighted by atomic mass is 10.0. The molecule has 0 spiro atoms. The predicted molar refractivity (Wildman–Crippen MR) is 97.8 cm³/mol. The molecule has 24 heavy (non-hydrogen) atoms. The highest BCUT2D eigenvalue weighted by Crippen LogP contribution is 2.10. The molecule has 4 nitrogen and oxygen atoms in total. The maximum absolute atomic E-state index is 12.0. The van der Waals surface area contributed by atoms with Gasteiger partial charge in [0.15, 0.2) is 0 Å². The molecule has 0 fully saturated rings. The van der Waals surface area contributed by atoms with Gasteiger partial charge < -0.3 is 0 Å². The van der Waals surface area contributed by atoms with Gasteiger partial charge in [-0.3, -0.25) is 4.79 Å². The molecule has 118 valence electrons. The molecule has 1 heterocycles. The second-order valence-electron chi connectivity index (χ2n) is 4.87. The van der Waals surface area contributed by atoms with E-state index in [9.17, 15) is 4.79 Å². The molecule has 0 aliphatic heterocycles. The van der Waals surface area contributed by atoms with Gasteiger partial charge >= 0.3 is 0 Å². The first-order chi connectivity index (χ1) is 11.8. The van der Waals surface area contributed by atoms with E-state index >= 15 is 0 Å². The van der Waals surface area contributed by atoms with Crippen molar-refractivity contribution >= 4 is 29.0 Å². The van der Waals surface area contributed by atoms with Crippen molar-refractivity contribution in [1.82, 2.24) is 10.4 Å². The van der Waals surface area contributed by atoms with Crippen LogP contribution in [0.3, 0.4) is 0 Å². The molecule has 0 saturated carbocycles. The normalized spacial score (nSPS) is 10.5. The number of amides is 1. The SMILES string of the molecule is O=C(/C=C\c1nccs1)NN=C(c1ccccc1)c1ccccc1. The van der Waals surface area contributed by atoms with Crippen molar-refractivity contribution in [2.45, 2.75) is 0 Å². The molecule has 1 aromatic heterocycles. The van der Waals surface area contributed by atoms with Crippen molar-refractivity contribution in [3.63, 3.8) is 0 Å². The lowest BCUT2D eigenvalue weighted by molar-refractivity contribution is -0.116. The summed E-state index contributed by atoms with van der Waals surface area (Å²) in [7, 11) is 0. The van der Waals surface area contributed by atoms with E-state index in [0.717, 1.165) is 16.1 Å². The molecular formula is C19H15N3OS. The molecule has 2 aromatic carbocycles. The van der Waals surface area contributed by atoms with Crippen LogP contribution in [0.1, 0.15) is 16.1 Å². The second-order valence-corrected chi connectivity index (χ2v) is 5.80. The van der Waals surface area contributed by atoms with E-state index in [1.165, 1.54) is 17.4 Å². The van der Waals surface area contributed by atoms with Gasteiger partial charge in [-0.1, -0.05) is 60.7 Å². The number of benzene rings is 2. The fourth-order valence-corrected chi connectivity index (χ4v) is 2.63. The van der Waals surface area contributed by atoms with E-state index in [-0.39, 0.29) is 5.91 Å². The maximum Gasteiger partial charge on any atom is 0.264 e. The molecular weight excluding hydrogens is 318 g/mol. The highest BCUT2D eigenvalue weighted by molar-refractivity contribution is 7.10. The number of carbonyl (C=O) groups excluding carboxylic acids is 1. The molecule has 1 N–H and O–H groups in total. The van der Waals surface area contributed by atoms with Gasteiger partial charge in [0.1, 0.15) is 5.01 Å². The summed E-state index contributed by atoms with van der Waals surface area (Å²) in [6, 6.07) is 19.5. The second kappa shape index (κ2) is 7.99. The topological polar surface area (TPSA) is 54.4 Å². The zero-order valence-corrected chi connectivity index (χ0v) is 13.6. The van der Waals surface area contributed by atoms with Crippen LogP contribution in [-0.2, 0) is 4.79 Å². The summed E-state index contributed by atoms with van der Waals surface area (Å²) in [6.45, 7) is 0. The fourth-order valence-electron chi connectivity index (χ4n) is 2.10. The summed E-state index contributed by atoms with van der Waals surface area (Å²) < 4.78 is 0. The van der Waals surface area contributed by atoms with Crippen LogP contribution in [0.5, 0.6) is 0 Å². The third-order valence-electron chi connectivity index (χ3n) is 3.20. The van der Waals surface area contributed by atoms with Gasteiger partial charge in [0.2, 0.25) is 0 Å². The maximum atomic E-state index is 12.0. The number of nitrogens with zero attached hydrogens (tertiary/aromatic N) is 2. The summed E-state index contributed by atoms with van der Waals surface area (Å²) in [5.74, 6) is -0.297. The first kappa shape index (κ1) is 15.8. The minimum absolute atomic E-state index is 0.297. The third kappa shape index (κ3) is 4.24. The summed E-state index contributed by atoms with van der Waals surface area (Å²) >= 11 is 1.47. The van der Waals surface area contributed by atoms with E-state index in [0.29, 0.717) is 5.71 Å². The number of rotatable bonds is 5. The standard InChI is InChI=1S/C19H15N3OS/c23-17(11-12-18-20-13-14-24-18)21-22-19(15-7-3-1-4-8-15)16-9-5-2-6-10-16/h1-14H,(H,21,23)/b12-11-. The lowest BCUT2D eigenvalue weighted by Crippen LogP contribution is -2.18. The van der Waals surface area contributed by atoms with Gasteiger partial charge in [0.05, 0.1) is 5.71 Å². The summed E-state index contributed by atoms with van der Waals surface area (Å²) in [5.41, 5.74) is 5.17. The Balaban J connectivity index is 1.81. The van der Waals surface area contributed by atoms with Crippen LogP contribution in [0.2, 0.25) is 0 Å². The van der Waals surface area contributed by atoms with Gasteiger partial charge in [-0.15, -0.1) is 11.3 Å². The Hall–Kier alpha value is -3.05. The first-order valence-corrected chi connectivity index (χ1v) is 8.27. The molecule has 1 amide bonds. The van der Waals surface area contributed by atoms with E-state index in [1.54, 1.807) is 12.3 Å².